The lowest BCUT2D eigenvalue weighted by atomic mass is 10.2. The minimum Gasteiger partial charge on any atom is -0.400 e. The number of thiazole rings is 1. The van der Waals surface area contributed by atoms with Gasteiger partial charge in [-0.3, -0.25) is 19.2 Å². The highest BCUT2D eigenvalue weighted by molar-refractivity contribution is 7.92. The van der Waals surface area contributed by atoms with E-state index in [4.69, 9.17) is 4.42 Å². The highest BCUT2D eigenvalue weighted by Crippen LogP contribution is 2.31. The number of hydrogen-bond acceptors (Lipinski definition) is 9. The van der Waals surface area contributed by atoms with Crippen molar-refractivity contribution >= 4 is 60.4 Å². The number of nitro groups is 1. The van der Waals surface area contributed by atoms with Crippen LogP contribution < -0.4 is 9.31 Å². The summed E-state index contributed by atoms with van der Waals surface area (Å²) in [7, 11) is -2.43. The van der Waals surface area contributed by atoms with Crippen LogP contribution in [0.4, 0.5) is 16.7 Å². The molecular weight excluding hydrogens is 554 g/mol. The zero-order valence-electron chi connectivity index (χ0n) is 21.2. The number of anilines is 2. The molecule has 5 aromatic rings. The number of furan rings is 1. The normalized spacial score (nSPS) is 11.7. The topological polar surface area (TPSA) is 139 Å². The van der Waals surface area contributed by atoms with E-state index >= 15 is 0 Å². The van der Waals surface area contributed by atoms with E-state index in [1.54, 1.807) is 30.3 Å². The molecule has 1 amide bonds. The zero-order valence-corrected chi connectivity index (χ0v) is 22.8. The second-order valence-electron chi connectivity index (χ2n) is 8.59. The molecule has 0 N–H and O–H groups in total. The summed E-state index contributed by atoms with van der Waals surface area (Å²) in [6.45, 7) is 1.94. The number of hydrogen-bond donors (Lipinski definition) is 0. The van der Waals surface area contributed by atoms with E-state index in [1.807, 2.05) is 25.1 Å². The van der Waals surface area contributed by atoms with Crippen LogP contribution in [0.15, 0.2) is 99.3 Å². The number of amides is 1. The van der Waals surface area contributed by atoms with Crippen LogP contribution in [0, 0.1) is 17.0 Å². The predicted octanol–water partition coefficient (Wildman–Crippen LogP) is 5.61. The molecule has 5 rings (SSSR count). The molecule has 0 aliphatic rings. The Bertz CT molecular complexity index is 1850. The number of hydrazone groups is 1. The number of carbonyl (C=O) groups is 1. The molecule has 0 saturated carbocycles. The van der Waals surface area contributed by atoms with Gasteiger partial charge in [0, 0.05) is 12.6 Å². The molecule has 0 fully saturated rings. The molecule has 40 heavy (non-hydrogen) atoms. The monoisotopic (exact) mass is 575 g/mol. The highest BCUT2D eigenvalue weighted by atomic mass is 32.2. The molecule has 0 radical (unpaired) electrons. The first-order chi connectivity index (χ1) is 19.1. The van der Waals surface area contributed by atoms with Crippen LogP contribution in [-0.4, -0.2) is 37.5 Å². The third kappa shape index (κ3) is 5.32. The van der Waals surface area contributed by atoms with Gasteiger partial charge in [-0.25, -0.2) is 13.4 Å². The van der Waals surface area contributed by atoms with E-state index < -0.39 is 26.7 Å². The number of nitrogens with zero attached hydrogens (tertiary/aromatic N) is 5. The van der Waals surface area contributed by atoms with Gasteiger partial charge in [-0.15, -0.1) is 0 Å². The quantitative estimate of drug-likeness (QED) is 0.133. The predicted molar refractivity (Wildman–Crippen MR) is 153 cm³/mol. The van der Waals surface area contributed by atoms with Gasteiger partial charge in [0.1, 0.15) is 4.92 Å². The third-order valence-corrected chi connectivity index (χ3v) is 8.67. The number of carbonyl (C=O) groups excluding carboxylic acids is 1. The Labute approximate surface area is 232 Å². The standard InChI is InChI=1S/C27H21N5O6S2/c1-18-8-14-23-24(16-18)39-27(29-23)31(28-17-21-11-15-25(38-21)32(34)35)26(33)19-9-12-22(13-10-19)40(36,37)30(2)20-6-4-3-5-7-20/h3-17H,1-2H3/b28-17+. The second kappa shape index (κ2) is 10.7. The van der Waals surface area contributed by atoms with Crippen LogP contribution in [0.5, 0.6) is 0 Å². The van der Waals surface area contributed by atoms with Crippen molar-refractivity contribution in [1.82, 2.24) is 4.98 Å². The Kier molecular flexibility index (Phi) is 7.15. The van der Waals surface area contributed by atoms with Crippen LogP contribution in [0.2, 0.25) is 0 Å². The smallest absolute Gasteiger partial charge is 0.400 e. The summed E-state index contributed by atoms with van der Waals surface area (Å²) < 4.78 is 33.4. The average Bonchev–Trinajstić information content (AvgIpc) is 3.60. The summed E-state index contributed by atoms with van der Waals surface area (Å²) in [4.78, 5) is 28.4. The number of aromatic nitrogens is 1. The van der Waals surface area contributed by atoms with Crippen molar-refractivity contribution < 1.29 is 22.6 Å². The molecule has 0 saturated heterocycles. The Hall–Kier alpha value is -4.88. The summed E-state index contributed by atoms with van der Waals surface area (Å²) in [5.74, 6) is -0.993. The number of para-hydroxylation sites is 1. The Balaban J connectivity index is 1.48. The molecule has 0 bridgehead atoms. The van der Waals surface area contributed by atoms with E-state index in [2.05, 4.69) is 10.1 Å². The maximum Gasteiger partial charge on any atom is 0.433 e. The van der Waals surface area contributed by atoms with E-state index in [0.717, 1.165) is 19.6 Å². The number of sulfonamides is 1. The fourth-order valence-electron chi connectivity index (χ4n) is 3.75. The van der Waals surface area contributed by atoms with E-state index in [9.17, 15) is 23.3 Å². The number of aryl methyl sites for hydroxylation is 1. The van der Waals surface area contributed by atoms with Gasteiger partial charge in [0.2, 0.25) is 5.13 Å². The third-order valence-electron chi connectivity index (χ3n) is 5.88. The van der Waals surface area contributed by atoms with Crippen molar-refractivity contribution in [2.24, 2.45) is 5.10 Å². The van der Waals surface area contributed by atoms with Gasteiger partial charge < -0.3 is 4.42 Å². The Morgan fingerprint density at radius 3 is 2.45 bits per heavy atom. The Morgan fingerprint density at radius 1 is 1.05 bits per heavy atom. The van der Waals surface area contributed by atoms with Crippen molar-refractivity contribution in [1.29, 1.82) is 0 Å². The van der Waals surface area contributed by atoms with Crippen molar-refractivity contribution in [2.75, 3.05) is 16.4 Å². The molecule has 13 heteroatoms. The van der Waals surface area contributed by atoms with Crippen LogP contribution in [0.25, 0.3) is 10.2 Å². The van der Waals surface area contributed by atoms with Gasteiger partial charge in [0.15, 0.2) is 5.76 Å². The molecule has 11 nitrogen and oxygen atoms in total. The minimum absolute atomic E-state index is 0.00353. The number of rotatable bonds is 8. The van der Waals surface area contributed by atoms with Crippen molar-refractivity contribution in [3.05, 3.63) is 112 Å². The van der Waals surface area contributed by atoms with Gasteiger partial charge in [-0.05, 0) is 67.1 Å². The fraction of sp³-hybridized carbons (Fsp3) is 0.0741. The second-order valence-corrected chi connectivity index (χ2v) is 11.6. The number of benzene rings is 3. The summed E-state index contributed by atoms with van der Waals surface area (Å²) in [5, 5.41) is 16.5. The van der Waals surface area contributed by atoms with Crippen molar-refractivity contribution in [3.8, 4) is 0 Å². The summed E-state index contributed by atoms with van der Waals surface area (Å²) in [6.07, 6.45) is 1.18. The lowest BCUT2D eigenvalue weighted by Crippen LogP contribution is -2.27. The van der Waals surface area contributed by atoms with E-state index in [-0.39, 0.29) is 21.4 Å². The molecule has 202 valence electrons. The summed E-state index contributed by atoms with van der Waals surface area (Å²) >= 11 is 1.24. The molecule has 0 unspecified atom stereocenters. The maximum atomic E-state index is 13.6. The van der Waals surface area contributed by atoms with Gasteiger partial charge in [-0.1, -0.05) is 35.6 Å². The molecule has 2 aromatic heterocycles. The lowest BCUT2D eigenvalue weighted by molar-refractivity contribution is -0.402. The van der Waals surface area contributed by atoms with Crippen LogP contribution in [0.1, 0.15) is 21.7 Å². The Morgan fingerprint density at radius 2 is 1.77 bits per heavy atom. The fourth-order valence-corrected chi connectivity index (χ4v) is 5.97. The first-order valence-corrected chi connectivity index (χ1v) is 14.0. The maximum absolute atomic E-state index is 13.6. The first-order valence-electron chi connectivity index (χ1n) is 11.8. The molecule has 0 spiro atoms. The molecule has 2 heterocycles. The van der Waals surface area contributed by atoms with Gasteiger partial charge in [0.25, 0.3) is 15.9 Å². The minimum atomic E-state index is -3.88. The van der Waals surface area contributed by atoms with Gasteiger partial charge >= 0.3 is 5.88 Å². The number of fused-ring (bicyclic) bond motifs is 1. The van der Waals surface area contributed by atoms with E-state index in [1.165, 1.54) is 61.0 Å². The molecule has 0 aliphatic heterocycles. The van der Waals surface area contributed by atoms with Gasteiger partial charge in [-0.2, -0.15) is 10.1 Å². The van der Waals surface area contributed by atoms with E-state index in [0.29, 0.717) is 11.2 Å². The van der Waals surface area contributed by atoms with Crippen LogP contribution in [-0.2, 0) is 10.0 Å². The molecular formula is C27H21N5O6S2. The van der Waals surface area contributed by atoms with Crippen LogP contribution >= 0.6 is 11.3 Å². The average molecular weight is 576 g/mol. The SMILES string of the molecule is Cc1ccc2nc(N(/N=C/c3ccc([N+](=O)[O-])o3)C(=O)c3ccc(S(=O)(=O)N(C)c4ccccc4)cc3)sc2c1. The summed E-state index contributed by atoms with van der Waals surface area (Å²) in [5.41, 5.74) is 2.33. The molecule has 3 aromatic carbocycles. The highest BCUT2D eigenvalue weighted by Gasteiger charge is 2.25. The first kappa shape index (κ1) is 26.7. The van der Waals surface area contributed by atoms with Crippen molar-refractivity contribution in [2.45, 2.75) is 11.8 Å². The summed E-state index contributed by atoms with van der Waals surface area (Å²) in [6, 6.07) is 22.3. The van der Waals surface area contributed by atoms with Gasteiger partial charge in [0.05, 0.1) is 33.1 Å². The zero-order chi connectivity index (χ0) is 28.4. The largest absolute Gasteiger partial charge is 0.433 e. The molecule has 0 atom stereocenters. The van der Waals surface area contributed by atoms with Crippen molar-refractivity contribution in [3.63, 3.8) is 0 Å². The van der Waals surface area contributed by atoms with Crippen LogP contribution in [0.3, 0.4) is 0 Å². The lowest BCUT2D eigenvalue weighted by Gasteiger charge is -2.19. The molecule has 0 aliphatic carbocycles.